The number of hydrogen-bond acceptors (Lipinski definition) is 4. The second-order valence-electron chi connectivity index (χ2n) is 4.99. The van der Waals surface area contributed by atoms with Crippen molar-refractivity contribution in [3.05, 3.63) is 52.3 Å². The van der Waals surface area contributed by atoms with Crippen molar-refractivity contribution in [3.63, 3.8) is 0 Å². The first-order valence-electron chi connectivity index (χ1n) is 7.77. The number of ether oxygens (including phenoxy) is 2. The third kappa shape index (κ3) is 5.23. The van der Waals surface area contributed by atoms with Crippen molar-refractivity contribution in [2.45, 2.75) is 20.3 Å². The van der Waals surface area contributed by atoms with E-state index in [0.717, 1.165) is 16.5 Å². The predicted octanol–water partition coefficient (Wildman–Crippen LogP) is 5.22. The molecule has 0 aliphatic carbocycles. The van der Waals surface area contributed by atoms with Gasteiger partial charge in [-0.05, 0) is 71.2 Å². The molecule has 2 rings (SSSR count). The van der Waals surface area contributed by atoms with Crippen molar-refractivity contribution in [3.8, 4) is 11.5 Å². The van der Waals surface area contributed by atoms with Crippen molar-refractivity contribution in [1.82, 2.24) is 0 Å². The van der Waals surface area contributed by atoms with Crippen molar-refractivity contribution in [2.24, 2.45) is 5.10 Å². The lowest BCUT2D eigenvalue weighted by Crippen LogP contribution is -2.02. The van der Waals surface area contributed by atoms with Crippen molar-refractivity contribution < 1.29 is 13.9 Å². The third-order valence-electron chi connectivity index (χ3n) is 3.03. The maximum Gasteiger partial charge on any atom is 0.175 e. The van der Waals surface area contributed by atoms with E-state index in [0.29, 0.717) is 30.4 Å². The maximum atomic E-state index is 12.9. The molecule has 1 N–H and O–H groups in total. The largest absolute Gasteiger partial charge is 0.490 e. The molecular weight excluding hydrogens is 375 g/mol. The van der Waals surface area contributed by atoms with E-state index >= 15 is 0 Å². The molecule has 0 radical (unpaired) electrons. The first-order valence-corrected chi connectivity index (χ1v) is 8.57. The van der Waals surface area contributed by atoms with Crippen LogP contribution in [0.5, 0.6) is 11.5 Å². The average molecular weight is 395 g/mol. The molecule has 0 amide bonds. The number of hydrogen-bond donors (Lipinski definition) is 1. The minimum absolute atomic E-state index is 0.280. The lowest BCUT2D eigenvalue weighted by molar-refractivity contribution is 0.275. The minimum Gasteiger partial charge on any atom is -0.490 e. The smallest absolute Gasteiger partial charge is 0.175 e. The summed E-state index contributed by atoms with van der Waals surface area (Å²) in [6, 6.07) is 9.77. The molecule has 4 nitrogen and oxygen atoms in total. The summed E-state index contributed by atoms with van der Waals surface area (Å²) < 4.78 is 25.1. The summed E-state index contributed by atoms with van der Waals surface area (Å²) in [4.78, 5) is 0. The Labute approximate surface area is 149 Å². The average Bonchev–Trinajstić information content (AvgIpc) is 2.56. The normalized spacial score (nSPS) is 10.8. The Kier molecular flexibility index (Phi) is 7.06. The van der Waals surface area contributed by atoms with Crippen LogP contribution in [0.15, 0.2) is 46.0 Å². The molecule has 0 saturated heterocycles. The van der Waals surface area contributed by atoms with E-state index < -0.39 is 0 Å². The van der Waals surface area contributed by atoms with E-state index in [1.807, 2.05) is 19.1 Å². The van der Waals surface area contributed by atoms with Crippen molar-refractivity contribution >= 4 is 27.8 Å². The summed E-state index contributed by atoms with van der Waals surface area (Å²) in [5.41, 5.74) is 4.41. The van der Waals surface area contributed by atoms with Crippen molar-refractivity contribution in [1.29, 1.82) is 0 Å². The summed E-state index contributed by atoms with van der Waals surface area (Å²) in [6.45, 7) is 5.15. The fourth-order valence-electron chi connectivity index (χ4n) is 1.98. The molecule has 0 fully saturated rings. The molecule has 2 aromatic rings. The Hall–Kier alpha value is -2.08. The van der Waals surface area contributed by atoms with Crippen LogP contribution in [0.3, 0.4) is 0 Å². The molecule has 128 valence electrons. The molecule has 0 heterocycles. The third-order valence-corrected chi connectivity index (χ3v) is 3.62. The van der Waals surface area contributed by atoms with Crippen LogP contribution in [0.4, 0.5) is 10.1 Å². The Morgan fingerprint density at radius 1 is 1.17 bits per heavy atom. The molecule has 24 heavy (non-hydrogen) atoms. The topological polar surface area (TPSA) is 42.8 Å². The molecule has 0 aromatic heterocycles. The predicted molar refractivity (Wildman–Crippen MR) is 98.7 cm³/mol. The van der Waals surface area contributed by atoms with E-state index in [4.69, 9.17) is 9.47 Å². The summed E-state index contributed by atoms with van der Waals surface area (Å²) >= 11 is 3.51. The molecule has 0 unspecified atom stereocenters. The van der Waals surface area contributed by atoms with Crippen LogP contribution in [0, 0.1) is 5.82 Å². The zero-order valence-corrected chi connectivity index (χ0v) is 15.3. The van der Waals surface area contributed by atoms with E-state index in [9.17, 15) is 4.39 Å². The highest BCUT2D eigenvalue weighted by Crippen LogP contribution is 2.36. The lowest BCUT2D eigenvalue weighted by Gasteiger charge is -2.14. The quantitative estimate of drug-likeness (QED) is 0.492. The van der Waals surface area contributed by atoms with Gasteiger partial charge in [0.1, 0.15) is 5.82 Å². The van der Waals surface area contributed by atoms with E-state index in [1.54, 1.807) is 18.3 Å². The Morgan fingerprint density at radius 2 is 1.92 bits per heavy atom. The van der Waals surface area contributed by atoms with Crippen LogP contribution in [0.1, 0.15) is 25.8 Å². The fraction of sp³-hybridized carbons (Fsp3) is 0.278. The number of hydrazone groups is 1. The van der Waals surface area contributed by atoms with Crippen LogP contribution in [-0.4, -0.2) is 19.4 Å². The highest BCUT2D eigenvalue weighted by atomic mass is 79.9. The Balaban J connectivity index is 2.14. The van der Waals surface area contributed by atoms with E-state index in [1.165, 1.54) is 12.1 Å². The lowest BCUT2D eigenvalue weighted by atomic mass is 10.2. The van der Waals surface area contributed by atoms with Gasteiger partial charge in [-0.25, -0.2) is 4.39 Å². The standard InChI is InChI=1S/C18H20BrFN2O2/c1-3-9-24-18-16(19)10-13(11-17(18)23-4-2)12-21-22-15-7-5-14(20)6-8-15/h5-8,10-12,22H,3-4,9H2,1-2H3/b21-12+. The van der Waals surface area contributed by atoms with Crippen molar-refractivity contribution in [2.75, 3.05) is 18.6 Å². The second-order valence-corrected chi connectivity index (χ2v) is 5.84. The van der Waals surface area contributed by atoms with Gasteiger partial charge in [-0.1, -0.05) is 6.92 Å². The molecule has 0 bridgehead atoms. The highest BCUT2D eigenvalue weighted by molar-refractivity contribution is 9.10. The molecule has 0 spiro atoms. The van der Waals surface area contributed by atoms with E-state index in [-0.39, 0.29) is 5.82 Å². The molecule has 2 aromatic carbocycles. The molecule has 6 heteroatoms. The van der Waals surface area contributed by atoms with Gasteiger partial charge in [-0.15, -0.1) is 0 Å². The van der Waals surface area contributed by atoms with Gasteiger partial charge in [0, 0.05) is 0 Å². The summed E-state index contributed by atoms with van der Waals surface area (Å²) in [5, 5.41) is 4.16. The summed E-state index contributed by atoms with van der Waals surface area (Å²) in [7, 11) is 0. The maximum absolute atomic E-state index is 12.9. The number of anilines is 1. The molecule has 0 atom stereocenters. The molecular formula is C18H20BrFN2O2. The second kappa shape index (κ2) is 9.27. The number of rotatable bonds is 8. The van der Waals surface area contributed by atoms with E-state index in [2.05, 4.69) is 33.4 Å². The van der Waals surface area contributed by atoms with Gasteiger partial charge in [0.05, 0.1) is 29.6 Å². The number of nitrogens with zero attached hydrogens (tertiary/aromatic N) is 1. The number of benzene rings is 2. The van der Waals surface area contributed by atoms with Crippen LogP contribution < -0.4 is 14.9 Å². The van der Waals surface area contributed by atoms with Gasteiger partial charge in [0.2, 0.25) is 0 Å². The number of nitrogens with one attached hydrogen (secondary N) is 1. The highest BCUT2D eigenvalue weighted by Gasteiger charge is 2.11. The van der Waals surface area contributed by atoms with Crippen LogP contribution >= 0.6 is 15.9 Å². The molecule has 0 aliphatic rings. The minimum atomic E-state index is -0.280. The SMILES string of the molecule is CCCOc1c(Br)cc(/C=N/Nc2ccc(F)cc2)cc1OCC. The Bertz CT molecular complexity index is 690. The first-order chi connectivity index (χ1) is 11.6. The van der Waals surface area contributed by atoms with Crippen LogP contribution in [-0.2, 0) is 0 Å². The molecule has 0 aliphatic heterocycles. The van der Waals surface area contributed by atoms with Crippen LogP contribution in [0.25, 0.3) is 0 Å². The fourth-order valence-corrected chi connectivity index (χ4v) is 2.55. The van der Waals surface area contributed by atoms with Gasteiger partial charge < -0.3 is 9.47 Å². The van der Waals surface area contributed by atoms with Gasteiger partial charge >= 0.3 is 0 Å². The van der Waals surface area contributed by atoms with Gasteiger partial charge in [0.15, 0.2) is 11.5 Å². The monoisotopic (exact) mass is 394 g/mol. The Morgan fingerprint density at radius 3 is 2.58 bits per heavy atom. The van der Waals surface area contributed by atoms with Crippen LogP contribution in [0.2, 0.25) is 0 Å². The first kappa shape index (κ1) is 18.3. The summed E-state index contributed by atoms with van der Waals surface area (Å²) in [6.07, 6.45) is 2.59. The summed E-state index contributed by atoms with van der Waals surface area (Å²) in [5.74, 6) is 1.09. The molecule has 0 saturated carbocycles. The zero-order chi connectivity index (χ0) is 17.4. The van der Waals surface area contributed by atoms with Gasteiger partial charge in [-0.3, -0.25) is 5.43 Å². The van der Waals surface area contributed by atoms with Gasteiger partial charge in [0.25, 0.3) is 0 Å². The van der Waals surface area contributed by atoms with Gasteiger partial charge in [-0.2, -0.15) is 5.10 Å². The number of halogens is 2. The zero-order valence-electron chi connectivity index (χ0n) is 13.7.